The van der Waals surface area contributed by atoms with E-state index in [9.17, 15) is 4.79 Å². The topological polar surface area (TPSA) is 76.1 Å². The summed E-state index contributed by atoms with van der Waals surface area (Å²) in [7, 11) is 1.62. The van der Waals surface area contributed by atoms with E-state index in [1.807, 2.05) is 91.9 Å². The quantitative estimate of drug-likeness (QED) is 0.355. The highest BCUT2D eigenvalue weighted by Gasteiger charge is 2.06. The average Bonchev–Trinajstić information content (AvgIpc) is 2.83. The molecule has 0 aliphatic carbocycles. The normalized spacial score (nSPS) is 10.7. The summed E-state index contributed by atoms with van der Waals surface area (Å²) in [4.78, 5) is 21.4. The van der Waals surface area contributed by atoms with Gasteiger partial charge >= 0.3 is 0 Å². The number of nitrogens with one attached hydrogen (secondary N) is 2. The van der Waals surface area contributed by atoms with Gasteiger partial charge in [0.1, 0.15) is 17.4 Å². The van der Waals surface area contributed by atoms with E-state index in [1.54, 1.807) is 13.2 Å². The van der Waals surface area contributed by atoms with Crippen molar-refractivity contribution in [1.82, 2.24) is 9.97 Å². The van der Waals surface area contributed by atoms with Gasteiger partial charge in [-0.2, -0.15) is 0 Å². The SMILES string of the molecule is COc1ccc(/C=C/C(=O)Nc2cccc(Nc3cc(-c4ccccc4)nc(C)n3)c2)cc1. The van der Waals surface area contributed by atoms with Crippen molar-refractivity contribution in [1.29, 1.82) is 0 Å². The Labute approximate surface area is 193 Å². The van der Waals surface area contributed by atoms with Crippen LogP contribution in [-0.2, 0) is 4.79 Å². The second-order valence-corrected chi connectivity index (χ2v) is 7.35. The first kappa shape index (κ1) is 21.8. The number of hydrogen-bond acceptors (Lipinski definition) is 5. The fourth-order valence-corrected chi connectivity index (χ4v) is 3.28. The number of aryl methyl sites for hydroxylation is 1. The van der Waals surface area contributed by atoms with Crippen LogP contribution in [0.4, 0.5) is 17.2 Å². The Morgan fingerprint density at radius 1 is 0.879 bits per heavy atom. The first-order valence-electron chi connectivity index (χ1n) is 10.5. The Bertz CT molecular complexity index is 1270. The zero-order valence-electron chi connectivity index (χ0n) is 18.4. The molecule has 1 heterocycles. The summed E-state index contributed by atoms with van der Waals surface area (Å²) in [5, 5.41) is 6.19. The van der Waals surface area contributed by atoms with Gasteiger partial charge in [0.2, 0.25) is 5.91 Å². The summed E-state index contributed by atoms with van der Waals surface area (Å²) in [5.74, 6) is 1.92. The smallest absolute Gasteiger partial charge is 0.248 e. The molecule has 0 aliphatic rings. The van der Waals surface area contributed by atoms with Crippen molar-refractivity contribution >= 4 is 29.2 Å². The number of benzene rings is 3. The highest BCUT2D eigenvalue weighted by Crippen LogP contribution is 2.23. The zero-order valence-corrected chi connectivity index (χ0v) is 18.4. The van der Waals surface area contributed by atoms with Crippen molar-refractivity contribution < 1.29 is 9.53 Å². The minimum absolute atomic E-state index is 0.216. The monoisotopic (exact) mass is 436 g/mol. The van der Waals surface area contributed by atoms with Crippen LogP contribution >= 0.6 is 0 Å². The maximum Gasteiger partial charge on any atom is 0.248 e. The molecule has 0 spiro atoms. The number of carbonyl (C=O) groups excluding carboxylic acids is 1. The molecule has 6 nitrogen and oxygen atoms in total. The van der Waals surface area contributed by atoms with Crippen LogP contribution in [0.3, 0.4) is 0 Å². The number of carbonyl (C=O) groups is 1. The van der Waals surface area contributed by atoms with Crippen molar-refractivity contribution in [3.05, 3.63) is 102 Å². The molecule has 6 heteroatoms. The van der Waals surface area contributed by atoms with Gasteiger partial charge in [-0.1, -0.05) is 48.5 Å². The molecule has 0 unspecified atom stereocenters. The van der Waals surface area contributed by atoms with Crippen LogP contribution in [0.1, 0.15) is 11.4 Å². The molecule has 1 amide bonds. The van der Waals surface area contributed by atoms with Crippen LogP contribution < -0.4 is 15.4 Å². The van der Waals surface area contributed by atoms with E-state index in [1.165, 1.54) is 6.08 Å². The standard InChI is InChI=1S/C27H24N4O2/c1-19-28-25(21-7-4-3-5-8-21)18-26(29-19)30-22-9-6-10-23(17-22)31-27(32)16-13-20-11-14-24(33-2)15-12-20/h3-18H,1-2H3,(H,31,32)(H,28,29,30)/b16-13+. The number of hydrogen-bond donors (Lipinski definition) is 2. The number of methoxy groups -OCH3 is 1. The lowest BCUT2D eigenvalue weighted by Crippen LogP contribution is -2.08. The van der Waals surface area contributed by atoms with Crippen molar-refractivity contribution in [2.75, 3.05) is 17.7 Å². The van der Waals surface area contributed by atoms with Gasteiger partial charge in [-0.3, -0.25) is 4.79 Å². The fraction of sp³-hybridized carbons (Fsp3) is 0.0741. The summed E-state index contributed by atoms with van der Waals surface area (Å²) in [5.41, 5.74) is 4.27. The highest BCUT2D eigenvalue weighted by molar-refractivity contribution is 6.02. The molecule has 2 N–H and O–H groups in total. The molecule has 4 rings (SSSR count). The number of anilines is 3. The summed E-state index contributed by atoms with van der Waals surface area (Å²) in [6.45, 7) is 1.86. The molecule has 0 fully saturated rings. The first-order valence-corrected chi connectivity index (χ1v) is 10.5. The van der Waals surface area contributed by atoms with Crippen LogP contribution in [0, 0.1) is 6.92 Å². The van der Waals surface area contributed by atoms with Gasteiger partial charge in [-0.25, -0.2) is 9.97 Å². The van der Waals surface area contributed by atoms with Gasteiger partial charge in [0.15, 0.2) is 0 Å². The lowest BCUT2D eigenvalue weighted by atomic mass is 10.1. The van der Waals surface area contributed by atoms with Crippen LogP contribution in [-0.4, -0.2) is 23.0 Å². The minimum Gasteiger partial charge on any atom is -0.497 e. The molecule has 164 valence electrons. The van der Waals surface area contributed by atoms with E-state index < -0.39 is 0 Å². The highest BCUT2D eigenvalue weighted by atomic mass is 16.5. The third-order valence-corrected chi connectivity index (χ3v) is 4.85. The summed E-state index contributed by atoms with van der Waals surface area (Å²) in [6.07, 6.45) is 3.26. The van der Waals surface area contributed by atoms with Crippen LogP contribution in [0.5, 0.6) is 5.75 Å². The third-order valence-electron chi connectivity index (χ3n) is 4.85. The van der Waals surface area contributed by atoms with E-state index in [0.717, 1.165) is 28.3 Å². The number of rotatable bonds is 7. The van der Waals surface area contributed by atoms with Crippen molar-refractivity contribution in [3.8, 4) is 17.0 Å². The van der Waals surface area contributed by atoms with E-state index in [-0.39, 0.29) is 5.91 Å². The zero-order chi connectivity index (χ0) is 23.0. The molecule has 0 saturated carbocycles. The fourth-order valence-electron chi connectivity index (χ4n) is 3.28. The maximum absolute atomic E-state index is 12.4. The number of amides is 1. The Morgan fingerprint density at radius 3 is 2.39 bits per heavy atom. The van der Waals surface area contributed by atoms with Gasteiger partial charge in [0.05, 0.1) is 12.8 Å². The molecule has 33 heavy (non-hydrogen) atoms. The average molecular weight is 437 g/mol. The molecule has 3 aromatic carbocycles. The molecular weight excluding hydrogens is 412 g/mol. The van der Waals surface area contributed by atoms with Gasteiger partial charge in [-0.05, 0) is 48.9 Å². The van der Waals surface area contributed by atoms with Gasteiger partial charge in [-0.15, -0.1) is 0 Å². The van der Waals surface area contributed by atoms with E-state index in [2.05, 4.69) is 20.6 Å². The number of nitrogens with zero attached hydrogens (tertiary/aromatic N) is 2. The Kier molecular flexibility index (Phi) is 6.75. The Hall–Kier alpha value is -4.45. The van der Waals surface area contributed by atoms with E-state index >= 15 is 0 Å². The Balaban J connectivity index is 1.44. The predicted molar refractivity (Wildman–Crippen MR) is 133 cm³/mol. The molecule has 0 radical (unpaired) electrons. The van der Waals surface area contributed by atoms with Crippen LogP contribution in [0.25, 0.3) is 17.3 Å². The van der Waals surface area contributed by atoms with Crippen LogP contribution in [0.2, 0.25) is 0 Å². The largest absolute Gasteiger partial charge is 0.497 e. The summed E-state index contributed by atoms with van der Waals surface area (Å²) >= 11 is 0. The third kappa shape index (κ3) is 6.04. The molecule has 0 bridgehead atoms. The molecule has 4 aromatic rings. The second kappa shape index (κ2) is 10.2. The van der Waals surface area contributed by atoms with Gasteiger partial charge in [0.25, 0.3) is 0 Å². The molecule has 1 aromatic heterocycles. The molecule has 0 atom stereocenters. The van der Waals surface area contributed by atoms with E-state index in [0.29, 0.717) is 17.3 Å². The van der Waals surface area contributed by atoms with Crippen molar-refractivity contribution in [2.24, 2.45) is 0 Å². The molecule has 0 saturated heterocycles. The van der Waals surface area contributed by atoms with Crippen molar-refractivity contribution in [3.63, 3.8) is 0 Å². The van der Waals surface area contributed by atoms with Gasteiger partial charge in [0, 0.05) is 29.1 Å². The van der Waals surface area contributed by atoms with Crippen LogP contribution in [0.15, 0.2) is 91.0 Å². The molecule has 0 aliphatic heterocycles. The van der Waals surface area contributed by atoms with E-state index in [4.69, 9.17) is 4.74 Å². The predicted octanol–water partition coefficient (Wildman–Crippen LogP) is 5.86. The molecular formula is C27H24N4O2. The first-order chi connectivity index (χ1) is 16.1. The maximum atomic E-state index is 12.4. The summed E-state index contributed by atoms with van der Waals surface area (Å²) < 4.78 is 5.15. The number of ether oxygens (including phenoxy) is 1. The van der Waals surface area contributed by atoms with Gasteiger partial charge < -0.3 is 15.4 Å². The van der Waals surface area contributed by atoms with Crippen molar-refractivity contribution in [2.45, 2.75) is 6.92 Å². The lowest BCUT2D eigenvalue weighted by Gasteiger charge is -2.10. The second-order valence-electron chi connectivity index (χ2n) is 7.35. The minimum atomic E-state index is -0.216. The number of aromatic nitrogens is 2. The Morgan fingerprint density at radius 2 is 1.64 bits per heavy atom. The lowest BCUT2D eigenvalue weighted by molar-refractivity contribution is -0.111. The summed E-state index contributed by atoms with van der Waals surface area (Å²) in [6, 6.07) is 26.8.